The molecule has 0 bridgehead atoms. The molecular weight excluding hydrogens is 362 g/mol. The summed E-state index contributed by atoms with van der Waals surface area (Å²) in [7, 11) is 1.92. The average molecular weight is 386 g/mol. The summed E-state index contributed by atoms with van der Waals surface area (Å²) in [4.78, 5) is 2.59. The second kappa shape index (κ2) is 6.93. The van der Waals surface area contributed by atoms with Crippen LogP contribution in [0.1, 0.15) is 30.7 Å². The summed E-state index contributed by atoms with van der Waals surface area (Å²) in [6.45, 7) is 4.04. The van der Waals surface area contributed by atoms with Crippen LogP contribution in [0.4, 0.5) is 0 Å². The molecule has 2 aromatic heterocycles. The number of ether oxygens (including phenoxy) is 1. The molecule has 2 aliphatic rings. The molecule has 0 amide bonds. The van der Waals surface area contributed by atoms with Crippen LogP contribution in [0.5, 0.6) is 0 Å². The van der Waals surface area contributed by atoms with Crippen molar-refractivity contribution in [3.8, 4) is 5.69 Å². The molecule has 1 aromatic carbocycles. The predicted octanol–water partition coefficient (Wildman–Crippen LogP) is 3.38. The predicted molar refractivity (Wildman–Crippen MR) is 106 cm³/mol. The maximum absolute atomic E-state index is 6.67. The quantitative estimate of drug-likeness (QED) is 0.693. The Hall–Kier alpha value is -1.89. The van der Waals surface area contributed by atoms with Crippen molar-refractivity contribution >= 4 is 22.5 Å². The molecule has 0 saturated carbocycles. The van der Waals surface area contributed by atoms with Gasteiger partial charge >= 0.3 is 0 Å². The summed E-state index contributed by atoms with van der Waals surface area (Å²) >= 11 is 6.67. The smallest absolute Gasteiger partial charge is 0.103 e. The molecule has 1 atom stereocenters. The minimum absolute atomic E-state index is 0.498. The standard InChI is InChI=1S/C20H24ClN5O/c1-24-12-17(11-22-24)26-20-9-18(19(21)8-15(20)10-23-26)14-2-5-25(6-3-14)16-4-7-27-13-16/h8-12,14,16H,2-7,13H2,1H3/t16-/m1/s1. The lowest BCUT2D eigenvalue weighted by Gasteiger charge is -2.35. The van der Waals surface area contributed by atoms with Gasteiger partial charge in [-0.15, -0.1) is 0 Å². The number of rotatable bonds is 3. The Morgan fingerprint density at radius 3 is 2.67 bits per heavy atom. The van der Waals surface area contributed by atoms with Crippen molar-refractivity contribution in [3.05, 3.63) is 41.3 Å². The summed E-state index contributed by atoms with van der Waals surface area (Å²) < 4.78 is 9.30. The first-order chi connectivity index (χ1) is 13.2. The summed E-state index contributed by atoms with van der Waals surface area (Å²) in [5.74, 6) is 0.498. The number of likely N-dealkylation sites (tertiary alicyclic amines) is 1. The van der Waals surface area contributed by atoms with Crippen molar-refractivity contribution in [1.29, 1.82) is 0 Å². The third kappa shape index (κ3) is 3.16. The summed E-state index contributed by atoms with van der Waals surface area (Å²) in [6, 6.07) is 4.90. The van der Waals surface area contributed by atoms with Gasteiger partial charge in [-0.25, -0.2) is 4.68 Å². The molecule has 0 unspecified atom stereocenters. The highest BCUT2D eigenvalue weighted by molar-refractivity contribution is 6.32. The Labute approximate surface area is 163 Å². The van der Waals surface area contributed by atoms with Gasteiger partial charge in [0.15, 0.2) is 0 Å². The SMILES string of the molecule is Cn1cc(-n2ncc3cc(Cl)c(C4CCN([C@@H]5CCOC5)CC4)cc32)cn1. The lowest BCUT2D eigenvalue weighted by molar-refractivity contribution is 0.122. The molecule has 6 nitrogen and oxygen atoms in total. The van der Waals surface area contributed by atoms with Gasteiger partial charge in [0.25, 0.3) is 0 Å². The first-order valence-electron chi connectivity index (χ1n) is 9.67. The fourth-order valence-electron chi connectivity index (χ4n) is 4.48. The number of hydrogen-bond acceptors (Lipinski definition) is 4. The number of aryl methyl sites for hydroxylation is 1. The minimum Gasteiger partial charge on any atom is -0.380 e. The van der Waals surface area contributed by atoms with E-state index in [1.54, 1.807) is 4.68 Å². The molecule has 0 aliphatic carbocycles. The largest absolute Gasteiger partial charge is 0.380 e. The Morgan fingerprint density at radius 1 is 1.11 bits per heavy atom. The molecule has 27 heavy (non-hydrogen) atoms. The lowest BCUT2D eigenvalue weighted by atomic mass is 9.88. The lowest BCUT2D eigenvalue weighted by Crippen LogP contribution is -2.41. The average Bonchev–Trinajstić information content (AvgIpc) is 3.41. The van der Waals surface area contributed by atoms with Gasteiger partial charge in [0.2, 0.25) is 0 Å². The monoisotopic (exact) mass is 385 g/mol. The van der Waals surface area contributed by atoms with E-state index in [1.165, 1.54) is 12.0 Å². The number of fused-ring (bicyclic) bond motifs is 1. The van der Waals surface area contributed by atoms with E-state index in [4.69, 9.17) is 16.3 Å². The molecule has 2 aliphatic heterocycles. The van der Waals surface area contributed by atoms with Gasteiger partial charge in [0.1, 0.15) is 5.69 Å². The maximum Gasteiger partial charge on any atom is 0.103 e. The number of halogens is 1. The van der Waals surface area contributed by atoms with Crippen LogP contribution in [0.3, 0.4) is 0 Å². The van der Waals surface area contributed by atoms with E-state index in [1.807, 2.05) is 30.3 Å². The molecule has 142 valence electrons. The summed E-state index contributed by atoms with van der Waals surface area (Å²) in [6.07, 6.45) is 9.14. The van der Waals surface area contributed by atoms with E-state index < -0.39 is 0 Å². The van der Waals surface area contributed by atoms with Crippen LogP contribution in [0.25, 0.3) is 16.6 Å². The molecule has 3 aromatic rings. The van der Waals surface area contributed by atoms with Gasteiger partial charge in [-0.1, -0.05) is 11.6 Å². The third-order valence-corrected chi connectivity index (χ3v) is 6.34. The number of hydrogen-bond donors (Lipinski definition) is 0. The Kier molecular flexibility index (Phi) is 4.42. The van der Waals surface area contributed by atoms with Crippen molar-refractivity contribution in [1.82, 2.24) is 24.5 Å². The molecule has 2 saturated heterocycles. The van der Waals surface area contributed by atoms with Crippen molar-refractivity contribution < 1.29 is 4.74 Å². The van der Waals surface area contributed by atoms with Gasteiger partial charge in [-0.3, -0.25) is 9.58 Å². The molecule has 7 heteroatoms. The molecule has 0 radical (unpaired) electrons. The van der Waals surface area contributed by atoms with Crippen LogP contribution < -0.4 is 0 Å². The van der Waals surface area contributed by atoms with E-state index in [9.17, 15) is 0 Å². The van der Waals surface area contributed by atoms with Crippen molar-refractivity contribution in [2.45, 2.75) is 31.2 Å². The molecular formula is C20H24ClN5O. The number of piperidine rings is 1. The number of nitrogens with zero attached hydrogens (tertiary/aromatic N) is 5. The highest BCUT2D eigenvalue weighted by Gasteiger charge is 2.29. The van der Waals surface area contributed by atoms with Crippen molar-refractivity contribution in [2.75, 3.05) is 26.3 Å². The zero-order valence-electron chi connectivity index (χ0n) is 15.5. The van der Waals surface area contributed by atoms with Crippen LogP contribution >= 0.6 is 11.6 Å². The molecule has 0 N–H and O–H groups in total. The minimum atomic E-state index is 0.498. The van der Waals surface area contributed by atoms with E-state index in [0.717, 1.165) is 60.8 Å². The molecule has 2 fully saturated rings. The second-order valence-electron chi connectivity index (χ2n) is 7.69. The van der Waals surface area contributed by atoms with Crippen LogP contribution in [-0.2, 0) is 11.8 Å². The van der Waals surface area contributed by atoms with Gasteiger partial charge in [0, 0.05) is 30.1 Å². The fraction of sp³-hybridized carbons (Fsp3) is 0.500. The van der Waals surface area contributed by atoms with Crippen molar-refractivity contribution in [2.24, 2.45) is 7.05 Å². The Balaban J connectivity index is 1.42. The van der Waals surface area contributed by atoms with E-state index in [-0.39, 0.29) is 0 Å². The highest BCUT2D eigenvalue weighted by atomic mass is 35.5. The third-order valence-electron chi connectivity index (χ3n) is 6.01. The Morgan fingerprint density at radius 2 is 1.96 bits per heavy atom. The first-order valence-corrected chi connectivity index (χ1v) is 10.0. The van der Waals surface area contributed by atoms with E-state index in [0.29, 0.717) is 12.0 Å². The summed E-state index contributed by atoms with van der Waals surface area (Å²) in [5.41, 5.74) is 3.31. The summed E-state index contributed by atoms with van der Waals surface area (Å²) in [5, 5.41) is 10.7. The first kappa shape index (κ1) is 17.2. The van der Waals surface area contributed by atoms with E-state index >= 15 is 0 Å². The Bertz CT molecular complexity index is 951. The van der Waals surface area contributed by atoms with E-state index in [2.05, 4.69) is 27.2 Å². The fourth-order valence-corrected chi connectivity index (χ4v) is 4.81. The van der Waals surface area contributed by atoms with Gasteiger partial charge in [-0.2, -0.15) is 10.2 Å². The highest BCUT2D eigenvalue weighted by Crippen LogP contribution is 2.36. The van der Waals surface area contributed by atoms with Gasteiger partial charge in [-0.05, 0) is 56.0 Å². The van der Waals surface area contributed by atoms with Gasteiger partial charge < -0.3 is 4.74 Å². The number of aromatic nitrogens is 4. The van der Waals surface area contributed by atoms with Crippen LogP contribution in [0.2, 0.25) is 5.02 Å². The molecule has 4 heterocycles. The zero-order valence-corrected chi connectivity index (χ0v) is 16.3. The van der Waals surface area contributed by atoms with Crippen LogP contribution in [0, 0.1) is 0 Å². The van der Waals surface area contributed by atoms with Crippen LogP contribution in [-0.4, -0.2) is 56.8 Å². The maximum atomic E-state index is 6.67. The number of benzene rings is 1. The topological polar surface area (TPSA) is 48.1 Å². The van der Waals surface area contributed by atoms with Crippen molar-refractivity contribution in [3.63, 3.8) is 0 Å². The zero-order chi connectivity index (χ0) is 18.4. The normalized spacial score (nSPS) is 22.1. The van der Waals surface area contributed by atoms with Crippen LogP contribution in [0.15, 0.2) is 30.7 Å². The molecule has 0 spiro atoms. The molecule has 5 rings (SSSR count). The van der Waals surface area contributed by atoms with Gasteiger partial charge in [0.05, 0.1) is 30.7 Å². The second-order valence-corrected chi connectivity index (χ2v) is 8.10.